The third-order valence-electron chi connectivity index (χ3n) is 3.03. The lowest BCUT2D eigenvalue weighted by Gasteiger charge is -2.17. The van der Waals surface area contributed by atoms with Gasteiger partial charge in [-0.25, -0.2) is 0 Å². The average Bonchev–Trinajstić information content (AvgIpc) is 2.33. The standard InChI is InChI=1S/C15H26N2O/c1-13-7-5-6-8-15(13)14(2)16-9-11-18-12-10-17(3)4/h5-8,14,16H,9-12H2,1-4H3. The van der Waals surface area contributed by atoms with E-state index in [-0.39, 0.29) is 0 Å². The van der Waals surface area contributed by atoms with Crippen LogP contribution >= 0.6 is 0 Å². The topological polar surface area (TPSA) is 24.5 Å². The van der Waals surface area contributed by atoms with Gasteiger partial charge in [-0.2, -0.15) is 0 Å². The number of benzene rings is 1. The second-order valence-corrected chi connectivity index (χ2v) is 4.95. The van der Waals surface area contributed by atoms with Crippen molar-refractivity contribution in [2.75, 3.05) is 40.4 Å². The van der Waals surface area contributed by atoms with Gasteiger partial charge in [-0.15, -0.1) is 0 Å². The summed E-state index contributed by atoms with van der Waals surface area (Å²) in [6, 6.07) is 8.88. The second kappa shape index (κ2) is 8.25. The average molecular weight is 250 g/mol. The van der Waals surface area contributed by atoms with Crippen molar-refractivity contribution in [1.82, 2.24) is 10.2 Å². The van der Waals surface area contributed by atoms with Crippen LogP contribution < -0.4 is 5.32 Å². The fraction of sp³-hybridized carbons (Fsp3) is 0.600. The largest absolute Gasteiger partial charge is 0.379 e. The predicted octanol–water partition coefficient (Wildman–Crippen LogP) is 2.22. The van der Waals surface area contributed by atoms with E-state index in [1.165, 1.54) is 11.1 Å². The first-order valence-corrected chi connectivity index (χ1v) is 6.62. The molecule has 0 saturated heterocycles. The van der Waals surface area contributed by atoms with Crippen LogP contribution in [-0.2, 0) is 4.74 Å². The molecule has 0 fully saturated rings. The van der Waals surface area contributed by atoms with Crippen LogP contribution in [-0.4, -0.2) is 45.3 Å². The Hall–Kier alpha value is -0.900. The second-order valence-electron chi connectivity index (χ2n) is 4.95. The molecule has 18 heavy (non-hydrogen) atoms. The van der Waals surface area contributed by atoms with Gasteiger partial charge in [0.1, 0.15) is 0 Å². The molecule has 3 heteroatoms. The van der Waals surface area contributed by atoms with Gasteiger partial charge in [-0.3, -0.25) is 0 Å². The first kappa shape index (κ1) is 15.2. The van der Waals surface area contributed by atoms with Gasteiger partial charge in [0, 0.05) is 19.1 Å². The number of ether oxygens (including phenoxy) is 1. The normalized spacial score (nSPS) is 12.9. The van der Waals surface area contributed by atoms with Crippen molar-refractivity contribution in [2.24, 2.45) is 0 Å². The van der Waals surface area contributed by atoms with Crippen LogP contribution in [0.3, 0.4) is 0 Å². The van der Waals surface area contributed by atoms with Crippen LogP contribution in [0.15, 0.2) is 24.3 Å². The van der Waals surface area contributed by atoms with Gasteiger partial charge in [-0.05, 0) is 39.1 Å². The Morgan fingerprint density at radius 1 is 1.22 bits per heavy atom. The van der Waals surface area contributed by atoms with Crippen molar-refractivity contribution in [3.63, 3.8) is 0 Å². The number of aryl methyl sites for hydroxylation is 1. The van der Waals surface area contributed by atoms with Crippen LogP contribution in [0, 0.1) is 6.92 Å². The van der Waals surface area contributed by atoms with Gasteiger partial charge in [0.25, 0.3) is 0 Å². The molecule has 0 aliphatic heterocycles. The summed E-state index contributed by atoms with van der Waals surface area (Å²) >= 11 is 0. The summed E-state index contributed by atoms with van der Waals surface area (Å²) in [5.41, 5.74) is 2.71. The number of rotatable bonds is 8. The van der Waals surface area contributed by atoms with Crippen LogP contribution in [0.2, 0.25) is 0 Å². The number of nitrogens with one attached hydrogen (secondary N) is 1. The SMILES string of the molecule is Cc1ccccc1C(C)NCCOCCN(C)C. The van der Waals surface area contributed by atoms with E-state index < -0.39 is 0 Å². The number of nitrogens with zero attached hydrogens (tertiary/aromatic N) is 1. The van der Waals surface area contributed by atoms with Crippen LogP contribution in [0.1, 0.15) is 24.1 Å². The van der Waals surface area contributed by atoms with E-state index in [4.69, 9.17) is 4.74 Å². The fourth-order valence-corrected chi connectivity index (χ4v) is 1.88. The molecule has 0 bridgehead atoms. The van der Waals surface area contributed by atoms with E-state index in [1.54, 1.807) is 0 Å². The van der Waals surface area contributed by atoms with Crippen LogP contribution in [0.4, 0.5) is 0 Å². The van der Waals surface area contributed by atoms with E-state index in [0.717, 1.165) is 26.3 Å². The Morgan fingerprint density at radius 3 is 2.61 bits per heavy atom. The minimum absolute atomic E-state index is 0.378. The highest BCUT2D eigenvalue weighted by molar-refractivity contribution is 5.28. The van der Waals surface area contributed by atoms with Crippen molar-refractivity contribution in [3.8, 4) is 0 Å². The quantitative estimate of drug-likeness (QED) is 0.716. The van der Waals surface area contributed by atoms with Gasteiger partial charge in [0.05, 0.1) is 13.2 Å². The molecule has 3 nitrogen and oxygen atoms in total. The molecule has 1 unspecified atom stereocenters. The molecule has 0 aromatic heterocycles. The molecule has 1 rings (SSSR count). The van der Waals surface area contributed by atoms with Crippen molar-refractivity contribution in [2.45, 2.75) is 19.9 Å². The molecule has 0 radical (unpaired) electrons. The fourth-order valence-electron chi connectivity index (χ4n) is 1.88. The predicted molar refractivity (Wildman–Crippen MR) is 77.0 cm³/mol. The molecular weight excluding hydrogens is 224 g/mol. The summed E-state index contributed by atoms with van der Waals surface area (Å²) in [6.45, 7) is 7.79. The maximum Gasteiger partial charge on any atom is 0.0593 e. The zero-order chi connectivity index (χ0) is 13.4. The molecule has 1 aromatic carbocycles. The highest BCUT2D eigenvalue weighted by Gasteiger charge is 2.06. The zero-order valence-electron chi connectivity index (χ0n) is 12.1. The maximum atomic E-state index is 5.56. The molecule has 0 amide bonds. The van der Waals surface area contributed by atoms with Gasteiger partial charge >= 0.3 is 0 Å². The Bertz CT molecular complexity index is 339. The Morgan fingerprint density at radius 2 is 1.94 bits per heavy atom. The molecule has 1 N–H and O–H groups in total. The Labute approximate surface area is 111 Å². The number of hydrogen-bond donors (Lipinski definition) is 1. The number of hydrogen-bond acceptors (Lipinski definition) is 3. The van der Waals surface area contributed by atoms with Gasteiger partial charge in [0.2, 0.25) is 0 Å². The maximum absolute atomic E-state index is 5.56. The smallest absolute Gasteiger partial charge is 0.0593 e. The lowest BCUT2D eigenvalue weighted by molar-refractivity contribution is 0.118. The molecule has 0 spiro atoms. The highest BCUT2D eigenvalue weighted by Crippen LogP contribution is 2.15. The molecular formula is C15H26N2O. The first-order valence-electron chi connectivity index (χ1n) is 6.62. The van der Waals surface area contributed by atoms with Gasteiger partial charge in [0.15, 0.2) is 0 Å². The molecule has 0 aliphatic carbocycles. The van der Waals surface area contributed by atoms with Crippen molar-refractivity contribution in [1.29, 1.82) is 0 Å². The molecule has 1 aromatic rings. The summed E-state index contributed by atoms with van der Waals surface area (Å²) in [5, 5.41) is 3.49. The summed E-state index contributed by atoms with van der Waals surface area (Å²) in [7, 11) is 4.11. The van der Waals surface area contributed by atoms with Gasteiger partial charge in [-0.1, -0.05) is 24.3 Å². The Kier molecular flexibility index (Phi) is 6.94. The minimum Gasteiger partial charge on any atom is -0.379 e. The van der Waals surface area contributed by atoms with E-state index in [0.29, 0.717) is 6.04 Å². The zero-order valence-corrected chi connectivity index (χ0v) is 12.1. The minimum atomic E-state index is 0.378. The molecule has 0 heterocycles. The van der Waals surface area contributed by atoms with E-state index in [9.17, 15) is 0 Å². The molecule has 0 aliphatic rings. The molecule has 1 atom stereocenters. The molecule has 102 valence electrons. The highest BCUT2D eigenvalue weighted by atomic mass is 16.5. The van der Waals surface area contributed by atoms with E-state index in [1.807, 2.05) is 0 Å². The lowest BCUT2D eigenvalue weighted by atomic mass is 10.0. The third kappa shape index (κ3) is 5.63. The van der Waals surface area contributed by atoms with Gasteiger partial charge < -0.3 is 15.0 Å². The number of likely N-dealkylation sites (N-methyl/N-ethyl adjacent to an activating group) is 1. The van der Waals surface area contributed by atoms with Crippen molar-refractivity contribution >= 4 is 0 Å². The lowest BCUT2D eigenvalue weighted by Crippen LogP contribution is -2.25. The summed E-state index contributed by atoms with van der Waals surface area (Å²) in [6.07, 6.45) is 0. The van der Waals surface area contributed by atoms with Crippen LogP contribution in [0.25, 0.3) is 0 Å². The third-order valence-corrected chi connectivity index (χ3v) is 3.03. The van der Waals surface area contributed by atoms with Crippen LogP contribution in [0.5, 0.6) is 0 Å². The Balaban J connectivity index is 2.18. The summed E-state index contributed by atoms with van der Waals surface area (Å²) in [4.78, 5) is 2.13. The first-order chi connectivity index (χ1) is 8.61. The van der Waals surface area contributed by atoms with E-state index in [2.05, 4.69) is 62.4 Å². The van der Waals surface area contributed by atoms with E-state index >= 15 is 0 Å². The molecule has 0 saturated carbocycles. The summed E-state index contributed by atoms with van der Waals surface area (Å²) < 4.78 is 5.56. The van der Waals surface area contributed by atoms with Crippen molar-refractivity contribution in [3.05, 3.63) is 35.4 Å². The monoisotopic (exact) mass is 250 g/mol. The van der Waals surface area contributed by atoms with Crippen molar-refractivity contribution < 1.29 is 4.74 Å². The summed E-state index contributed by atoms with van der Waals surface area (Å²) in [5.74, 6) is 0.